The lowest BCUT2D eigenvalue weighted by atomic mass is 10.1. The molecule has 478 valence electrons. The molecule has 0 saturated heterocycles. The highest BCUT2D eigenvalue weighted by Gasteiger charge is 2.25. The summed E-state index contributed by atoms with van der Waals surface area (Å²) in [6.07, 6.45) is 94.5. The molecule has 0 saturated carbocycles. The quantitative estimate of drug-likeness (QED) is 0.0211. The van der Waals surface area contributed by atoms with Crippen LogP contribution in [0.3, 0.4) is 0 Å². The fourth-order valence-corrected chi connectivity index (χ4v) is 8.38. The second-order valence-corrected chi connectivity index (χ2v) is 22.7. The number of aliphatic carboxylic acids is 1. The number of hydrogen-bond donors (Lipinski definition) is 1. The van der Waals surface area contributed by atoms with Crippen molar-refractivity contribution in [2.45, 2.75) is 245 Å². The number of quaternary nitrogens is 1. The van der Waals surface area contributed by atoms with Gasteiger partial charge in [-0.15, -0.1) is 0 Å². The number of allylic oxidation sites excluding steroid dienone is 28. The Balaban J connectivity index is 4.28. The van der Waals surface area contributed by atoms with E-state index in [1.807, 2.05) is 21.1 Å². The summed E-state index contributed by atoms with van der Waals surface area (Å²) in [6, 6.07) is 0. The van der Waals surface area contributed by atoms with Gasteiger partial charge >= 0.3 is 17.9 Å². The largest absolute Gasteiger partial charge is 0.477 e. The highest BCUT2D eigenvalue weighted by molar-refractivity contribution is 5.71. The van der Waals surface area contributed by atoms with E-state index in [-0.39, 0.29) is 38.6 Å². The summed E-state index contributed by atoms with van der Waals surface area (Å²) in [7, 11) is 5.95. The van der Waals surface area contributed by atoms with Gasteiger partial charge in [0.05, 0.1) is 34.4 Å². The third kappa shape index (κ3) is 66.0. The molecule has 0 aromatic heterocycles. The van der Waals surface area contributed by atoms with Crippen LogP contribution in [0.2, 0.25) is 0 Å². The van der Waals surface area contributed by atoms with E-state index in [9.17, 15) is 19.5 Å². The Hall–Kier alpha value is -5.35. The Labute approximate surface area is 520 Å². The summed E-state index contributed by atoms with van der Waals surface area (Å²) in [5.41, 5.74) is 0. The number of unbranched alkanes of at least 4 members (excludes halogenated alkanes) is 16. The van der Waals surface area contributed by atoms with Gasteiger partial charge in [0.2, 0.25) is 0 Å². The van der Waals surface area contributed by atoms with Crippen molar-refractivity contribution in [1.29, 1.82) is 0 Å². The maximum Gasteiger partial charge on any atom is 0.361 e. The lowest BCUT2D eigenvalue weighted by Gasteiger charge is -2.25. The molecule has 0 amide bonds. The van der Waals surface area contributed by atoms with E-state index in [4.69, 9.17) is 18.9 Å². The molecular formula is C76H122NO8+. The molecule has 2 atom stereocenters. The predicted octanol–water partition coefficient (Wildman–Crippen LogP) is 20.7. The summed E-state index contributed by atoms with van der Waals surface area (Å²) in [6.45, 7) is 4.69. The monoisotopic (exact) mass is 1180 g/mol. The number of nitrogens with zero attached hydrogens (tertiary/aromatic N) is 1. The summed E-state index contributed by atoms with van der Waals surface area (Å²) < 4.78 is 22.9. The summed E-state index contributed by atoms with van der Waals surface area (Å²) >= 11 is 0. The number of likely N-dealkylation sites (N-methyl/N-ethyl adjacent to an activating group) is 1. The first kappa shape index (κ1) is 79.7. The number of hydrogen-bond acceptors (Lipinski definition) is 7. The predicted molar refractivity (Wildman–Crippen MR) is 363 cm³/mol. The number of ether oxygens (including phenoxy) is 4. The van der Waals surface area contributed by atoms with Crippen LogP contribution in [-0.4, -0.2) is 87.4 Å². The first-order valence-corrected chi connectivity index (χ1v) is 33.3. The molecule has 85 heavy (non-hydrogen) atoms. The fraction of sp³-hybridized carbons (Fsp3) is 0.592. The van der Waals surface area contributed by atoms with Crippen LogP contribution < -0.4 is 0 Å². The minimum atomic E-state index is -1.53. The van der Waals surface area contributed by atoms with Crippen molar-refractivity contribution in [3.63, 3.8) is 0 Å². The Morgan fingerprint density at radius 1 is 0.365 bits per heavy atom. The number of carbonyl (C=O) groups excluding carboxylic acids is 2. The Bertz CT molecular complexity index is 2000. The average molecular weight is 1180 g/mol. The number of carboxylic acid groups (broad SMARTS) is 1. The van der Waals surface area contributed by atoms with Gasteiger partial charge in [0.25, 0.3) is 6.29 Å². The molecular weight excluding hydrogens is 1050 g/mol. The van der Waals surface area contributed by atoms with Crippen LogP contribution in [-0.2, 0) is 33.3 Å². The van der Waals surface area contributed by atoms with Gasteiger partial charge < -0.3 is 28.5 Å². The second-order valence-electron chi connectivity index (χ2n) is 22.7. The SMILES string of the molecule is CC/C=C\C/C=C\C/C=C\C/C=C\C/C=C\C/C=C\C/C=C\C/C=C\C/C=C\C/C=C\C/C=C\CCCCCCCC(=O)OC(COC(=O)CCCCCCCC/C=C\C/C=C\C/C=C\CCCCCCC)COC(OCC[N+](C)(C)C)C(=O)O. The van der Waals surface area contributed by atoms with Crippen molar-refractivity contribution in [2.24, 2.45) is 0 Å². The Kier molecular flexibility index (Phi) is 60.6. The highest BCUT2D eigenvalue weighted by atomic mass is 16.7. The minimum Gasteiger partial charge on any atom is -0.477 e. The molecule has 9 heteroatoms. The van der Waals surface area contributed by atoms with Gasteiger partial charge in [0, 0.05) is 12.8 Å². The van der Waals surface area contributed by atoms with Crippen molar-refractivity contribution in [2.75, 3.05) is 47.5 Å². The van der Waals surface area contributed by atoms with Crippen molar-refractivity contribution in [1.82, 2.24) is 0 Å². The molecule has 0 aliphatic rings. The van der Waals surface area contributed by atoms with Crippen LogP contribution in [0.1, 0.15) is 232 Å². The van der Waals surface area contributed by atoms with Gasteiger partial charge in [0.1, 0.15) is 13.2 Å². The molecule has 2 unspecified atom stereocenters. The van der Waals surface area contributed by atoms with Crippen LogP contribution >= 0.6 is 0 Å². The fourth-order valence-electron chi connectivity index (χ4n) is 8.38. The van der Waals surface area contributed by atoms with E-state index in [0.717, 1.165) is 148 Å². The minimum absolute atomic E-state index is 0.172. The molecule has 0 spiro atoms. The third-order valence-corrected chi connectivity index (χ3v) is 13.5. The van der Waals surface area contributed by atoms with Crippen LogP contribution in [0.25, 0.3) is 0 Å². The van der Waals surface area contributed by atoms with E-state index in [0.29, 0.717) is 17.4 Å². The van der Waals surface area contributed by atoms with Gasteiger partial charge in [0.15, 0.2) is 6.10 Å². The Morgan fingerprint density at radius 2 is 0.671 bits per heavy atom. The van der Waals surface area contributed by atoms with Gasteiger partial charge in [-0.25, -0.2) is 4.79 Å². The lowest BCUT2D eigenvalue weighted by Crippen LogP contribution is -2.40. The molecule has 0 fully saturated rings. The van der Waals surface area contributed by atoms with Crippen molar-refractivity contribution in [3.05, 3.63) is 170 Å². The normalized spacial score (nSPS) is 13.8. The van der Waals surface area contributed by atoms with E-state index in [2.05, 4.69) is 184 Å². The van der Waals surface area contributed by atoms with Crippen molar-refractivity contribution < 1.29 is 42.9 Å². The Morgan fingerprint density at radius 3 is 1.00 bits per heavy atom. The zero-order valence-corrected chi connectivity index (χ0v) is 54.4. The number of carbonyl (C=O) groups is 3. The van der Waals surface area contributed by atoms with E-state index in [1.165, 1.54) is 51.4 Å². The zero-order valence-electron chi connectivity index (χ0n) is 54.4. The van der Waals surface area contributed by atoms with Crippen molar-refractivity contribution in [3.8, 4) is 0 Å². The van der Waals surface area contributed by atoms with Gasteiger partial charge in [-0.2, -0.15) is 0 Å². The summed E-state index contributed by atoms with van der Waals surface area (Å²) in [5.74, 6) is -2.07. The molecule has 9 nitrogen and oxygen atoms in total. The molecule has 0 radical (unpaired) electrons. The van der Waals surface area contributed by atoms with Crippen LogP contribution in [0.15, 0.2) is 170 Å². The first-order chi connectivity index (χ1) is 41.6. The van der Waals surface area contributed by atoms with Gasteiger partial charge in [-0.05, 0) is 135 Å². The summed E-state index contributed by atoms with van der Waals surface area (Å²) in [4.78, 5) is 37.5. The van der Waals surface area contributed by atoms with Crippen LogP contribution in [0, 0.1) is 0 Å². The van der Waals surface area contributed by atoms with E-state index < -0.39 is 24.3 Å². The standard InChI is InChI=1S/C76H121NO8/c1-6-8-10-12-14-16-18-20-22-24-26-28-29-30-31-32-33-34-35-36-37-38-39-40-41-42-43-44-45-47-49-51-53-55-57-59-61-63-65-67-74(79)85-72(71-84-76(75(80)81)82-69-68-77(3,4)5)70-83-73(78)66-64-62-60-58-56-54-52-50-48-46-27-25-23-21-19-17-15-13-11-9-7-2/h8,10,14,16,19-22,25-28,30-31,33-34,36-37,39-40,42-43,45,47-48,50-51,53,72,76H,6-7,9,11-13,15,17-18,23-24,29,32,35,38,41,44,46,49,52,54-71H2,1-5H3/p+1/b10-8-,16-14-,21-19-,22-20-,27-25-,28-26-,31-30-,34-33-,37-36-,40-39-,43-42-,47-45-,50-48-,53-51-. The molecule has 0 aromatic carbocycles. The van der Waals surface area contributed by atoms with Crippen LogP contribution in [0.5, 0.6) is 0 Å². The molecule has 0 bridgehead atoms. The lowest BCUT2D eigenvalue weighted by molar-refractivity contribution is -0.870. The number of esters is 2. The molecule has 0 aliphatic heterocycles. The van der Waals surface area contributed by atoms with Crippen LogP contribution in [0.4, 0.5) is 0 Å². The smallest absolute Gasteiger partial charge is 0.361 e. The second kappa shape index (κ2) is 64.6. The van der Waals surface area contributed by atoms with E-state index in [1.54, 1.807) is 0 Å². The number of carboxylic acids is 1. The topological polar surface area (TPSA) is 108 Å². The molecule has 1 N–H and O–H groups in total. The molecule has 0 aromatic rings. The zero-order chi connectivity index (χ0) is 61.9. The average Bonchev–Trinajstić information content (AvgIpc) is 3.49. The highest BCUT2D eigenvalue weighted by Crippen LogP contribution is 2.14. The molecule has 0 rings (SSSR count). The number of rotatable bonds is 59. The molecule has 0 aliphatic carbocycles. The summed E-state index contributed by atoms with van der Waals surface area (Å²) in [5, 5.41) is 9.73. The van der Waals surface area contributed by atoms with Gasteiger partial charge in [-0.3, -0.25) is 9.59 Å². The third-order valence-electron chi connectivity index (χ3n) is 13.5. The van der Waals surface area contributed by atoms with Crippen molar-refractivity contribution >= 4 is 17.9 Å². The molecule has 0 heterocycles. The maximum atomic E-state index is 12.9. The van der Waals surface area contributed by atoms with Gasteiger partial charge in [-0.1, -0.05) is 255 Å². The van der Waals surface area contributed by atoms with E-state index >= 15 is 0 Å². The maximum absolute atomic E-state index is 12.9. The first-order valence-electron chi connectivity index (χ1n) is 33.3.